The fourth-order valence-electron chi connectivity index (χ4n) is 5.09. The van der Waals surface area contributed by atoms with Crippen LogP contribution in [0.1, 0.15) is 25.1 Å². The monoisotopic (exact) mass is 484 g/mol. The highest BCUT2D eigenvalue weighted by Gasteiger charge is 2.41. The lowest BCUT2D eigenvalue weighted by Gasteiger charge is -2.40. The highest BCUT2D eigenvalue weighted by atomic mass is 16.3. The van der Waals surface area contributed by atoms with E-state index < -0.39 is 0 Å². The van der Waals surface area contributed by atoms with Gasteiger partial charge in [-0.15, -0.1) is 10.2 Å². The number of aromatic hydroxyl groups is 1. The van der Waals surface area contributed by atoms with Crippen molar-refractivity contribution in [3.63, 3.8) is 0 Å². The molecule has 0 radical (unpaired) electrons. The molecular weight excluding hydrogens is 452 g/mol. The van der Waals surface area contributed by atoms with Crippen LogP contribution >= 0.6 is 0 Å². The third kappa shape index (κ3) is 5.04. The maximum atomic E-state index is 10.3. The molecule has 2 saturated heterocycles. The zero-order valence-electron chi connectivity index (χ0n) is 20.9. The third-order valence-electron chi connectivity index (χ3n) is 7.14. The van der Waals surface area contributed by atoms with Crippen molar-refractivity contribution in [1.29, 1.82) is 0 Å². The van der Waals surface area contributed by atoms with Crippen LogP contribution in [0.4, 0.5) is 17.3 Å². The van der Waals surface area contributed by atoms with Crippen molar-refractivity contribution < 1.29 is 5.11 Å². The number of hydrogen-bond donors (Lipinski definition) is 2. The Hall–Kier alpha value is -3.90. The Balaban J connectivity index is 1.26. The second-order valence-corrected chi connectivity index (χ2v) is 9.95. The van der Waals surface area contributed by atoms with Gasteiger partial charge in [0.2, 0.25) is 5.82 Å². The summed E-state index contributed by atoms with van der Waals surface area (Å²) in [5.74, 6) is 8.30. The number of nitrogens with zero attached hydrogens (tertiary/aromatic N) is 7. The van der Waals surface area contributed by atoms with Gasteiger partial charge in [-0.1, -0.05) is 18.1 Å². The van der Waals surface area contributed by atoms with Crippen LogP contribution in [0, 0.1) is 17.3 Å². The zero-order chi connectivity index (χ0) is 25.1. The van der Waals surface area contributed by atoms with Gasteiger partial charge in [-0.2, -0.15) is 0 Å². The maximum absolute atomic E-state index is 10.3. The Bertz CT molecular complexity index is 1290. The van der Waals surface area contributed by atoms with Crippen molar-refractivity contribution in [3.05, 3.63) is 48.4 Å². The Morgan fingerprint density at radius 3 is 2.56 bits per heavy atom. The van der Waals surface area contributed by atoms with Crippen LogP contribution in [-0.4, -0.2) is 77.0 Å². The largest absolute Gasteiger partial charge is 0.507 e. The summed E-state index contributed by atoms with van der Waals surface area (Å²) in [5.41, 5.74) is 8.66. The second kappa shape index (κ2) is 9.99. The molecule has 2 aliphatic heterocycles. The molecule has 0 bridgehead atoms. The molecule has 2 aliphatic rings. The number of nitrogen functional groups attached to an aromatic ring is 1. The number of benzene rings is 1. The summed E-state index contributed by atoms with van der Waals surface area (Å²) in [4.78, 5) is 15.7. The maximum Gasteiger partial charge on any atom is 0.206 e. The number of anilines is 3. The van der Waals surface area contributed by atoms with E-state index in [1.54, 1.807) is 18.3 Å². The van der Waals surface area contributed by atoms with Gasteiger partial charge in [-0.05, 0) is 69.0 Å². The van der Waals surface area contributed by atoms with Crippen LogP contribution in [0.25, 0.3) is 11.3 Å². The highest BCUT2D eigenvalue weighted by Crippen LogP contribution is 2.44. The van der Waals surface area contributed by atoms with E-state index in [4.69, 9.17) is 5.73 Å². The van der Waals surface area contributed by atoms with Gasteiger partial charge in [0.05, 0.1) is 17.9 Å². The van der Waals surface area contributed by atoms with E-state index in [1.807, 2.05) is 43.3 Å². The molecule has 2 aromatic heterocycles. The fourth-order valence-corrected chi connectivity index (χ4v) is 5.09. The van der Waals surface area contributed by atoms with Crippen molar-refractivity contribution in [2.45, 2.75) is 19.3 Å². The standard InChI is InChI=1S/C27H32N8O/c1-33(2)14-5-8-24-29-13-9-25(30-24)34-15-10-27(11-16-34)12-17-35(19-27)22-18-21(31-32-26(22)28)20-6-3-4-7-23(20)36/h3-4,6-7,9,13,18,36H,10-12,14-17,19H2,1-2H3,(H2,28,32). The first-order chi connectivity index (χ1) is 17.4. The average Bonchev–Trinajstić information content (AvgIpc) is 3.28. The Labute approximate surface area is 212 Å². The number of aromatic nitrogens is 4. The molecule has 9 heteroatoms. The van der Waals surface area contributed by atoms with Crippen LogP contribution in [-0.2, 0) is 0 Å². The lowest BCUT2D eigenvalue weighted by molar-refractivity contribution is 0.250. The topological polar surface area (TPSA) is 108 Å². The number of piperidine rings is 1. The summed E-state index contributed by atoms with van der Waals surface area (Å²) in [6, 6.07) is 11.1. The summed E-state index contributed by atoms with van der Waals surface area (Å²) >= 11 is 0. The molecule has 1 spiro atoms. The van der Waals surface area contributed by atoms with Gasteiger partial charge in [0.25, 0.3) is 0 Å². The molecule has 4 heterocycles. The van der Waals surface area contributed by atoms with E-state index in [-0.39, 0.29) is 11.2 Å². The smallest absolute Gasteiger partial charge is 0.206 e. The molecule has 0 aliphatic carbocycles. The van der Waals surface area contributed by atoms with Gasteiger partial charge >= 0.3 is 0 Å². The predicted octanol–water partition coefficient (Wildman–Crippen LogP) is 2.63. The minimum Gasteiger partial charge on any atom is -0.507 e. The number of hydrogen-bond acceptors (Lipinski definition) is 9. The van der Waals surface area contributed by atoms with Gasteiger partial charge in [0.15, 0.2) is 5.82 Å². The van der Waals surface area contributed by atoms with Gasteiger partial charge in [-0.25, -0.2) is 9.97 Å². The van der Waals surface area contributed by atoms with E-state index in [2.05, 4.69) is 41.8 Å². The summed E-state index contributed by atoms with van der Waals surface area (Å²) in [7, 11) is 3.98. The molecule has 0 amide bonds. The van der Waals surface area contributed by atoms with E-state index in [0.717, 1.165) is 56.9 Å². The minimum atomic E-state index is 0.185. The van der Waals surface area contributed by atoms with Crippen molar-refractivity contribution in [3.8, 4) is 28.8 Å². The summed E-state index contributed by atoms with van der Waals surface area (Å²) < 4.78 is 0. The highest BCUT2D eigenvalue weighted by molar-refractivity contribution is 5.74. The number of rotatable bonds is 4. The predicted molar refractivity (Wildman–Crippen MR) is 142 cm³/mol. The SMILES string of the molecule is CN(C)CC#Cc1nccc(N2CCC3(CC2)CCN(c2cc(-c4ccccc4O)nnc2N)C3)n1. The number of phenolic OH excluding ortho intramolecular Hbond substituents is 1. The molecule has 1 aromatic carbocycles. The number of para-hydroxylation sites is 1. The van der Waals surface area contributed by atoms with Crippen LogP contribution < -0.4 is 15.5 Å². The van der Waals surface area contributed by atoms with Crippen molar-refractivity contribution in [2.24, 2.45) is 5.41 Å². The van der Waals surface area contributed by atoms with Gasteiger partial charge in [-0.3, -0.25) is 4.90 Å². The Morgan fingerprint density at radius 1 is 1.06 bits per heavy atom. The van der Waals surface area contributed by atoms with Gasteiger partial charge < -0.3 is 20.6 Å². The quantitative estimate of drug-likeness (QED) is 0.540. The minimum absolute atomic E-state index is 0.185. The second-order valence-electron chi connectivity index (χ2n) is 9.95. The Morgan fingerprint density at radius 2 is 1.81 bits per heavy atom. The molecule has 0 atom stereocenters. The summed E-state index contributed by atoms with van der Waals surface area (Å²) in [5, 5.41) is 18.7. The molecule has 2 fully saturated rings. The first-order valence-corrected chi connectivity index (χ1v) is 12.3. The van der Waals surface area contributed by atoms with Gasteiger partial charge in [0.1, 0.15) is 11.6 Å². The lowest BCUT2D eigenvalue weighted by Crippen LogP contribution is -2.42. The van der Waals surface area contributed by atoms with Crippen LogP contribution in [0.2, 0.25) is 0 Å². The fraction of sp³-hybridized carbons (Fsp3) is 0.407. The van der Waals surface area contributed by atoms with E-state index in [9.17, 15) is 5.11 Å². The first kappa shape index (κ1) is 23.8. The summed E-state index contributed by atoms with van der Waals surface area (Å²) in [6.45, 7) is 4.43. The molecule has 186 valence electrons. The normalized spacial score (nSPS) is 16.9. The number of phenols is 1. The van der Waals surface area contributed by atoms with Crippen molar-refractivity contribution in [2.75, 3.05) is 62.4 Å². The molecule has 5 rings (SSSR count). The molecule has 3 aromatic rings. The van der Waals surface area contributed by atoms with Crippen LogP contribution in [0.3, 0.4) is 0 Å². The molecule has 0 unspecified atom stereocenters. The number of nitrogens with two attached hydrogens (primary N) is 1. The van der Waals surface area contributed by atoms with E-state index in [0.29, 0.717) is 29.4 Å². The molecular formula is C27H32N8O. The van der Waals surface area contributed by atoms with Crippen molar-refractivity contribution >= 4 is 17.3 Å². The molecule has 9 nitrogen and oxygen atoms in total. The molecule has 0 saturated carbocycles. The van der Waals surface area contributed by atoms with Gasteiger partial charge in [0, 0.05) is 37.9 Å². The first-order valence-electron chi connectivity index (χ1n) is 12.3. The third-order valence-corrected chi connectivity index (χ3v) is 7.14. The van der Waals surface area contributed by atoms with Crippen LogP contribution in [0.15, 0.2) is 42.6 Å². The molecule has 36 heavy (non-hydrogen) atoms. The average molecular weight is 485 g/mol. The van der Waals surface area contributed by atoms with E-state index >= 15 is 0 Å². The van der Waals surface area contributed by atoms with E-state index in [1.165, 1.54) is 0 Å². The zero-order valence-corrected chi connectivity index (χ0v) is 20.9. The lowest BCUT2D eigenvalue weighted by atomic mass is 9.78. The molecule has 3 N–H and O–H groups in total. The van der Waals surface area contributed by atoms with Crippen LogP contribution in [0.5, 0.6) is 5.75 Å². The van der Waals surface area contributed by atoms with Crippen molar-refractivity contribution in [1.82, 2.24) is 25.1 Å². The Kier molecular flexibility index (Phi) is 6.61. The summed E-state index contributed by atoms with van der Waals surface area (Å²) in [6.07, 6.45) is 5.07.